The summed E-state index contributed by atoms with van der Waals surface area (Å²) in [6.07, 6.45) is 7.78. The van der Waals surface area contributed by atoms with Crippen LogP contribution in [0.3, 0.4) is 0 Å². The highest BCUT2D eigenvalue weighted by atomic mass is 16.1. The Balaban J connectivity index is 3.30. The van der Waals surface area contributed by atoms with E-state index < -0.39 is 0 Å². The molecule has 1 unspecified atom stereocenters. The Bertz CT molecular complexity index is 205. The van der Waals surface area contributed by atoms with E-state index in [2.05, 4.69) is 38.3 Å². The lowest BCUT2D eigenvalue weighted by molar-refractivity contribution is -0.121. The second kappa shape index (κ2) is 11.5. The van der Waals surface area contributed by atoms with Gasteiger partial charge in [-0.1, -0.05) is 52.9 Å². The van der Waals surface area contributed by atoms with E-state index in [-0.39, 0.29) is 11.9 Å². The van der Waals surface area contributed by atoms with Crippen molar-refractivity contribution >= 4 is 5.91 Å². The van der Waals surface area contributed by atoms with E-state index in [4.69, 9.17) is 0 Å². The minimum absolute atomic E-state index is 0.113. The summed E-state index contributed by atoms with van der Waals surface area (Å²) < 4.78 is 0. The molecule has 0 rings (SSSR count). The van der Waals surface area contributed by atoms with Gasteiger partial charge in [0.2, 0.25) is 5.91 Å². The summed E-state index contributed by atoms with van der Waals surface area (Å²) in [6, 6.07) is 0.258. The number of rotatable bonds is 11. The first-order chi connectivity index (χ1) is 8.57. The molecule has 3 heteroatoms. The van der Waals surface area contributed by atoms with Gasteiger partial charge < -0.3 is 10.6 Å². The van der Waals surface area contributed by atoms with Crippen LogP contribution in [0.1, 0.15) is 66.2 Å². The van der Waals surface area contributed by atoms with Gasteiger partial charge in [-0.2, -0.15) is 0 Å². The van der Waals surface area contributed by atoms with Crippen LogP contribution in [0.4, 0.5) is 0 Å². The number of hydrogen-bond acceptors (Lipinski definition) is 2. The van der Waals surface area contributed by atoms with E-state index in [1.807, 2.05) is 0 Å². The van der Waals surface area contributed by atoms with Crippen molar-refractivity contribution in [3.8, 4) is 0 Å². The van der Waals surface area contributed by atoms with E-state index in [1.54, 1.807) is 0 Å². The van der Waals surface area contributed by atoms with Crippen LogP contribution < -0.4 is 10.6 Å². The maximum atomic E-state index is 11.6. The summed E-state index contributed by atoms with van der Waals surface area (Å²) in [5.41, 5.74) is 0. The number of amides is 1. The van der Waals surface area contributed by atoms with E-state index in [1.165, 1.54) is 38.5 Å². The first kappa shape index (κ1) is 17.4. The fourth-order valence-corrected chi connectivity index (χ4v) is 1.70. The molecule has 0 aliphatic heterocycles. The van der Waals surface area contributed by atoms with E-state index in [9.17, 15) is 4.79 Å². The smallest absolute Gasteiger partial charge is 0.234 e. The summed E-state index contributed by atoms with van der Waals surface area (Å²) in [4.78, 5) is 11.6. The van der Waals surface area contributed by atoms with Crippen molar-refractivity contribution in [3.05, 3.63) is 0 Å². The van der Waals surface area contributed by atoms with E-state index in [0.717, 1.165) is 6.54 Å². The third kappa shape index (κ3) is 10.6. The Morgan fingerprint density at radius 1 is 1.00 bits per heavy atom. The second-order valence-electron chi connectivity index (χ2n) is 5.54. The molecule has 1 atom stereocenters. The van der Waals surface area contributed by atoms with Crippen LogP contribution in [-0.2, 0) is 4.79 Å². The Morgan fingerprint density at radius 2 is 1.61 bits per heavy atom. The molecule has 0 saturated heterocycles. The zero-order valence-electron chi connectivity index (χ0n) is 12.7. The van der Waals surface area contributed by atoms with E-state index in [0.29, 0.717) is 12.5 Å². The van der Waals surface area contributed by atoms with Crippen molar-refractivity contribution in [1.82, 2.24) is 10.6 Å². The van der Waals surface area contributed by atoms with Gasteiger partial charge in [-0.25, -0.2) is 0 Å². The predicted octanol–water partition coefficient (Wildman–Crippen LogP) is 3.10. The molecule has 0 aromatic heterocycles. The molecule has 1 amide bonds. The molecule has 0 saturated carbocycles. The van der Waals surface area contributed by atoms with Crippen molar-refractivity contribution in [2.45, 2.75) is 72.3 Å². The van der Waals surface area contributed by atoms with Gasteiger partial charge in [-0.05, 0) is 25.8 Å². The summed E-state index contributed by atoms with van der Waals surface area (Å²) in [7, 11) is 0. The predicted molar refractivity (Wildman–Crippen MR) is 78.7 cm³/mol. The van der Waals surface area contributed by atoms with Crippen LogP contribution >= 0.6 is 0 Å². The third-order valence-corrected chi connectivity index (χ3v) is 3.38. The molecular weight excluding hydrogens is 224 g/mol. The van der Waals surface area contributed by atoms with Gasteiger partial charge in [0.15, 0.2) is 0 Å². The maximum Gasteiger partial charge on any atom is 0.234 e. The largest absolute Gasteiger partial charge is 0.352 e. The highest BCUT2D eigenvalue weighted by Crippen LogP contribution is 2.04. The molecule has 0 aromatic rings. The van der Waals surface area contributed by atoms with Crippen molar-refractivity contribution in [2.24, 2.45) is 5.92 Å². The molecule has 0 aliphatic carbocycles. The standard InChI is InChI=1S/C15H32N2O/c1-5-6-7-8-9-10-11-16-12-15(18)17-14(4)13(2)3/h13-14,16H,5-12H2,1-4H3,(H,17,18). The summed E-state index contributed by atoms with van der Waals surface area (Å²) >= 11 is 0. The highest BCUT2D eigenvalue weighted by Gasteiger charge is 2.09. The third-order valence-electron chi connectivity index (χ3n) is 3.38. The Kier molecular flexibility index (Phi) is 11.2. The van der Waals surface area contributed by atoms with Crippen molar-refractivity contribution in [2.75, 3.05) is 13.1 Å². The first-order valence-corrected chi connectivity index (χ1v) is 7.58. The molecule has 0 heterocycles. The SMILES string of the molecule is CCCCCCCCNCC(=O)NC(C)C(C)C. The number of hydrogen-bond donors (Lipinski definition) is 2. The minimum Gasteiger partial charge on any atom is -0.352 e. The van der Waals surface area contributed by atoms with Crippen LogP contribution in [-0.4, -0.2) is 25.0 Å². The zero-order chi connectivity index (χ0) is 13.8. The first-order valence-electron chi connectivity index (χ1n) is 7.58. The number of unbranched alkanes of at least 4 members (excludes halogenated alkanes) is 5. The Labute approximate surface area is 113 Å². The molecule has 0 spiro atoms. The van der Waals surface area contributed by atoms with E-state index >= 15 is 0 Å². The lowest BCUT2D eigenvalue weighted by Gasteiger charge is -2.17. The molecule has 0 aliphatic rings. The molecule has 108 valence electrons. The fourth-order valence-electron chi connectivity index (χ4n) is 1.70. The van der Waals surface area contributed by atoms with Crippen LogP contribution in [0.2, 0.25) is 0 Å². The molecule has 18 heavy (non-hydrogen) atoms. The van der Waals surface area contributed by atoms with Crippen molar-refractivity contribution < 1.29 is 4.79 Å². The molecule has 3 nitrogen and oxygen atoms in total. The van der Waals surface area contributed by atoms with Crippen LogP contribution in [0, 0.1) is 5.92 Å². The van der Waals surface area contributed by atoms with Gasteiger partial charge in [0.25, 0.3) is 0 Å². The van der Waals surface area contributed by atoms with Crippen LogP contribution in [0.25, 0.3) is 0 Å². The molecule has 0 bridgehead atoms. The van der Waals surface area contributed by atoms with Crippen LogP contribution in [0.15, 0.2) is 0 Å². The van der Waals surface area contributed by atoms with Crippen molar-refractivity contribution in [1.29, 1.82) is 0 Å². The molecular formula is C15H32N2O. The van der Waals surface area contributed by atoms with Gasteiger partial charge in [0.05, 0.1) is 6.54 Å². The summed E-state index contributed by atoms with van der Waals surface area (Å²) in [5.74, 6) is 0.606. The van der Waals surface area contributed by atoms with Crippen molar-refractivity contribution in [3.63, 3.8) is 0 Å². The monoisotopic (exact) mass is 256 g/mol. The summed E-state index contributed by atoms with van der Waals surface area (Å²) in [6.45, 7) is 9.93. The van der Waals surface area contributed by atoms with Gasteiger partial charge in [0.1, 0.15) is 0 Å². The normalized spacial score (nSPS) is 12.7. The maximum absolute atomic E-state index is 11.6. The highest BCUT2D eigenvalue weighted by molar-refractivity contribution is 5.78. The Hall–Kier alpha value is -0.570. The quantitative estimate of drug-likeness (QED) is 0.558. The molecule has 0 radical (unpaired) electrons. The topological polar surface area (TPSA) is 41.1 Å². The van der Waals surface area contributed by atoms with Gasteiger partial charge in [-0.3, -0.25) is 4.79 Å². The van der Waals surface area contributed by atoms with Gasteiger partial charge >= 0.3 is 0 Å². The molecule has 2 N–H and O–H groups in total. The lowest BCUT2D eigenvalue weighted by atomic mass is 10.1. The Morgan fingerprint density at radius 3 is 2.22 bits per heavy atom. The van der Waals surface area contributed by atoms with Gasteiger partial charge in [-0.15, -0.1) is 0 Å². The average molecular weight is 256 g/mol. The van der Waals surface area contributed by atoms with Gasteiger partial charge in [0, 0.05) is 6.04 Å². The fraction of sp³-hybridized carbons (Fsp3) is 0.933. The number of carbonyl (C=O) groups is 1. The average Bonchev–Trinajstić information content (AvgIpc) is 2.32. The molecule has 0 fully saturated rings. The minimum atomic E-state index is 0.113. The molecule has 0 aromatic carbocycles. The number of carbonyl (C=O) groups excluding carboxylic acids is 1. The zero-order valence-corrected chi connectivity index (χ0v) is 12.7. The number of nitrogens with one attached hydrogen (secondary N) is 2. The lowest BCUT2D eigenvalue weighted by Crippen LogP contribution is -2.41. The summed E-state index contributed by atoms with van der Waals surface area (Å²) in [5, 5.41) is 6.20. The van der Waals surface area contributed by atoms with Crippen LogP contribution in [0.5, 0.6) is 0 Å². The second-order valence-corrected chi connectivity index (χ2v) is 5.54.